The van der Waals surface area contributed by atoms with Crippen molar-refractivity contribution in [2.75, 3.05) is 7.11 Å². The Kier molecular flexibility index (Phi) is 2.78. The van der Waals surface area contributed by atoms with E-state index in [4.69, 9.17) is 4.74 Å². The summed E-state index contributed by atoms with van der Waals surface area (Å²) >= 11 is 3.35. The number of aromatic nitrogens is 1. The fourth-order valence-corrected chi connectivity index (χ4v) is 2.61. The van der Waals surface area contributed by atoms with E-state index >= 15 is 0 Å². The lowest BCUT2D eigenvalue weighted by molar-refractivity contribution is 0.0599. The Bertz CT molecular complexity index is 455. The molecule has 0 fully saturated rings. The average molecular weight is 284 g/mol. The maximum absolute atomic E-state index is 11.7. The molecule has 1 aromatic rings. The molecule has 0 amide bonds. The zero-order valence-corrected chi connectivity index (χ0v) is 11.2. The van der Waals surface area contributed by atoms with Crippen molar-refractivity contribution in [3.05, 3.63) is 27.5 Å². The van der Waals surface area contributed by atoms with Gasteiger partial charge in [-0.3, -0.25) is 0 Å². The smallest absolute Gasteiger partial charge is 0.338 e. The molecule has 0 spiro atoms. The van der Waals surface area contributed by atoms with Gasteiger partial charge in [-0.05, 0) is 40.4 Å². The van der Waals surface area contributed by atoms with E-state index in [0.717, 1.165) is 24.1 Å². The number of nitrogens with zero attached hydrogens (tertiary/aromatic N) is 1. The minimum atomic E-state index is -0.281. The Morgan fingerprint density at radius 1 is 1.56 bits per heavy atom. The number of fused-ring (bicyclic) bond motifs is 1. The lowest BCUT2D eigenvalue weighted by atomic mass is 9.90. The van der Waals surface area contributed by atoms with Gasteiger partial charge < -0.3 is 4.74 Å². The van der Waals surface area contributed by atoms with Crippen LogP contribution in [0.25, 0.3) is 0 Å². The molecule has 1 heterocycles. The summed E-state index contributed by atoms with van der Waals surface area (Å²) in [4.78, 5) is 16.2. The van der Waals surface area contributed by atoms with E-state index < -0.39 is 0 Å². The Morgan fingerprint density at radius 3 is 2.88 bits per heavy atom. The number of carbonyl (C=O) groups is 1. The van der Waals surface area contributed by atoms with Crippen molar-refractivity contribution in [2.24, 2.45) is 0 Å². The van der Waals surface area contributed by atoms with Crippen LogP contribution in [0.4, 0.5) is 0 Å². The number of hydrogen-bond donors (Lipinski definition) is 0. The predicted octanol–water partition coefficient (Wildman–Crippen LogP) is 2.85. The molecule has 0 N–H and O–H groups in total. The van der Waals surface area contributed by atoms with Crippen molar-refractivity contribution in [3.8, 4) is 0 Å². The highest BCUT2D eigenvalue weighted by Crippen LogP contribution is 2.39. The van der Waals surface area contributed by atoms with E-state index in [-0.39, 0.29) is 11.4 Å². The predicted molar refractivity (Wildman–Crippen MR) is 64.6 cm³/mol. The molecule has 86 valence electrons. The number of esters is 1. The SMILES string of the molecule is COC(=O)c1cc(Br)nc2c1CCC2(C)C. The molecule has 0 aromatic carbocycles. The van der Waals surface area contributed by atoms with Crippen molar-refractivity contribution in [2.45, 2.75) is 32.1 Å². The molecule has 0 radical (unpaired) electrons. The second-order valence-corrected chi connectivity index (χ2v) is 5.51. The molecule has 0 unspecified atom stereocenters. The first kappa shape index (κ1) is 11.6. The van der Waals surface area contributed by atoms with Gasteiger partial charge in [-0.1, -0.05) is 13.8 Å². The van der Waals surface area contributed by atoms with E-state index in [0.29, 0.717) is 10.2 Å². The quantitative estimate of drug-likeness (QED) is 0.588. The van der Waals surface area contributed by atoms with Crippen LogP contribution in [0.5, 0.6) is 0 Å². The molecule has 1 aliphatic rings. The van der Waals surface area contributed by atoms with E-state index in [1.165, 1.54) is 7.11 Å². The number of pyridine rings is 1. The van der Waals surface area contributed by atoms with Crippen LogP contribution < -0.4 is 0 Å². The first-order chi connectivity index (χ1) is 7.45. The van der Waals surface area contributed by atoms with Crippen molar-refractivity contribution in [1.82, 2.24) is 4.98 Å². The van der Waals surface area contributed by atoms with Gasteiger partial charge in [-0.15, -0.1) is 0 Å². The highest BCUT2D eigenvalue weighted by atomic mass is 79.9. The van der Waals surface area contributed by atoms with Crippen LogP contribution in [-0.4, -0.2) is 18.1 Å². The fourth-order valence-electron chi connectivity index (χ4n) is 2.20. The van der Waals surface area contributed by atoms with E-state index in [9.17, 15) is 4.79 Å². The van der Waals surface area contributed by atoms with Crippen molar-refractivity contribution < 1.29 is 9.53 Å². The van der Waals surface area contributed by atoms with Gasteiger partial charge in [0.15, 0.2) is 0 Å². The van der Waals surface area contributed by atoms with Crippen LogP contribution in [0.2, 0.25) is 0 Å². The standard InChI is InChI=1S/C12H14BrNO2/c1-12(2)5-4-7-8(11(15)16-3)6-9(13)14-10(7)12/h6H,4-5H2,1-3H3. The van der Waals surface area contributed by atoms with Crippen LogP contribution in [0, 0.1) is 0 Å². The highest BCUT2D eigenvalue weighted by molar-refractivity contribution is 9.10. The zero-order valence-electron chi connectivity index (χ0n) is 9.63. The van der Waals surface area contributed by atoms with E-state index in [1.807, 2.05) is 0 Å². The Hall–Kier alpha value is -0.900. The summed E-state index contributed by atoms with van der Waals surface area (Å²) in [5, 5.41) is 0. The molecule has 4 heteroatoms. The van der Waals surface area contributed by atoms with Gasteiger partial charge >= 0.3 is 5.97 Å². The molecule has 3 nitrogen and oxygen atoms in total. The van der Waals surface area contributed by atoms with Gasteiger partial charge in [0.25, 0.3) is 0 Å². The second-order valence-electron chi connectivity index (χ2n) is 4.70. The monoisotopic (exact) mass is 283 g/mol. The van der Waals surface area contributed by atoms with E-state index in [1.54, 1.807) is 6.07 Å². The minimum absolute atomic E-state index is 0.0435. The molecular weight excluding hydrogens is 270 g/mol. The first-order valence-electron chi connectivity index (χ1n) is 5.24. The molecule has 0 aliphatic heterocycles. The molecule has 1 aromatic heterocycles. The third-order valence-corrected chi connectivity index (χ3v) is 3.55. The number of methoxy groups -OCH3 is 1. The lowest BCUT2D eigenvalue weighted by Crippen LogP contribution is -2.15. The van der Waals surface area contributed by atoms with Crippen LogP contribution in [0.3, 0.4) is 0 Å². The molecule has 16 heavy (non-hydrogen) atoms. The summed E-state index contributed by atoms with van der Waals surface area (Å²) in [5.41, 5.74) is 2.74. The Labute approximate surface area is 103 Å². The third-order valence-electron chi connectivity index (χ3n) is 3.14. The van der Waals surface area contributed by atoms with Crippen LogP contribution >= 0.6 is 15.9 Å². The second kappa shape index (κ2) is 3.84. The largest absolute Gasteiger partial charge is 0.465 e. The molecule has 0 bridgehead atoms. The number of rotatable bonds is 1. The maximum Gasteiger partial charge on any atom is 0.338 e. The van der Waals surface area contributed by atoms with Gasteiger partial charge in [0.2, 0.25) is 0 Å². The lowest BCUT2D eigenvalue weighted by Gasteiger charge is -2.18. The van der Waals surface area contributed by atoms with Crippen LogP contribution in [0.1, 0.15) is 41.9 Å². The summed E-state index contributed by atoms with van der Waals surface area (Å²) in [6.45, 7) is 4.30. The molecule has 0 atom stereocenters. The van der Waals surface area contributed by atoms with Crippen molar-refractivity contribution >= 4 is 21.9 Å². The van der Waals surface area contributed by atoms with Crippen molar-refractivity contribution in [3.63, 3.8) is 0 Å². The Balaban J connectivity index is 2.62. The number of hydrogen-bond acceptors (Lipinski definition) is 3. The van der Waals surface area contributed by atoms with Crippen LogP contribution in [-0.2, 0) is 16.6 Å². The van der Waals surface area contributed by atoms with Gasteiger partial charge in [-0.25, -0.2) is 9.78 Å². The summed E-state index contributed by atoms with van der Waals surface area (Å²) in [5.74, 6) is -0.281. The molecular formula is C12H14BrNO2. The molecule has 2 rings (SSSR count). The van der Waals surface area contributed by atoms with Gasteiger partial charge in [-0.2, -0.15) is 0 Å². The Morgan fingerprint density at radius 2 is 2.25 bits per heavy atom. The summed E-state index contributed by atoms with van der Waals surface area (Å²) < 4.78 is 5.49. The van der Waals surface area contributed by atoms with Crippen LogP contribution in [0.15, 0.2) is 10.7 Å². The third kappa shape index (κ3) is 1.75. The van der Waals surface area contributed by atoms with Gasteiger partial charge in [0, 0.05) is 5.41 Å². The molecule has 1 aliphatic carbocycles. The number of carbonyl (C=O) groups excluding carboxylic acids is 1. The summed E-state index contributed by atoms with van der Waals surface area (Å²) in [6, 6.07) is 1.74. The summed E-state index contributed by atoms with van der Waals surface area (Å²) in [6.07, 6.45) is 1.92. The normalized spacial score (nSPS) is 17.0. The zero-order chi connectivity index (χ0) is 11.9. The topological polar surface area (TPSA) is 39.2 Å². The first-order valence-corrected chi connectivity index (χ1v) is 6.03. The maximum atomic E-state index is 11.7. The van der Waals surface area contributed by atoms with E-state index in [2.05, 4.69) is 34.8 Å². The minimum Gasteiger partial charge on any atom is -0.465 e. The van der Waals surface area contributed by atoms with Gasteiger partial charge in [0.1, 0.15) is 4.60 Å². The number of ether oxygens (including phenoxy) is 1. The fraction of sp³-hybridized carbons (Fsp3) is 0.500. The molecule has 0 saturated heterocycles. The molecule has 0 saturated carbocycles. The average Bonchev–Trinajstić information content (AvgIpc) is 2.53. The number of halogens is 1. The summed E-state index contributed by atoms with van der Waals surface area (Å²) in [7, 11) is 1.41. The highest BCUT2D eigenvalue weighted by Gasteiger charge is 2.34. The van der Waals surface area contributed by atoms with Crippen molar-refractivity contribution in [1.29, 1.82) is 0 Å². The van der Waals surface area contributed by atoms with Gasteiger partial charge in [0.05, 0.1) is 18.4 Å².